The molecule has 0 saturated heterocycles. The van der Waals surface area contributed by atoms with Crippen molar-refractivity contribution in [3.63, 3.8) is 0 Å². The van der Waals surface area contributed by atoms with Crippen LogP contribution in [-0.2, 0) is 14.1 Å². The number of hydrogen-bond acceptors (Lipinski definition) is 6. The Labute approximate surface area is 186 Å². The Morgan fingerprint density at radius 2 is 1.06 bits per heavy atom. The zero-order chi connectivity index (χ0) is 22.2. The number of imidazole rings is 2. The van der Waals surface area contributed by atoms with Gasteiger partial charge in [0.05, 0.1) is 12.4 Å². The molecule has 158 valence electrons. The molecule has 0 aliphatic heterocycles. The van der Waals surface area contributed by atoms with E-state index < -0.39 is 0 Å². The van der Waals surface area contributed by atoms with Crippen molar-refractivity contribution in [3.05, 3.63) is 108 Å². The summed E-state index contributed by atoms with van der Waals surface area (Å²) in [6.07, 6.45) is 10.4. The van der Waals surface area contributed by atoms with Crippen molar-refractivity contribution in [1.29, 1.82) is 0 Å². The second-order valence-electron chi connectivity index (χ2n) is 6.91. The molecular formula is C24H22N8. The first-order valence-electron chi connectivity index (χ1n) is 10.0. The molecule has 2 heterocycles. The number of hydrogen-bond donors (Lipinski definition) is 0. The lowest BCUT2D eigenvalue weighted by Gasteiger charge is -2.08. The van der Waals surface area contributed by atoms with E-state index in [4.69, 9.17) is 0 Å². The third-order valence-corrected chi connectivity index (χ3v) is 4.70. The summed E-state index contributed by atoms with van der Waals surface area (Å²) in [7, 11) is 3.80. The molecule has 0 N–H and O–H groups in total. The summed E-state index contributed by atoms with van der Waals surface area (Å²) in [4.78, 5) is 8.51. The predicted molar refractivity (Wildman–Crippen MR) is 128 cm³/mol. The molecule has 0 radical (unpaired) electrons. The summed E-state index contributed by atoms with van der Waals surface area (Å²) >= 11 is 0. The van der Waals surface area contributed by atoms with E-state index in [1.807, 2.05) is 96.3 Å². The summed E-state index contributed by atoms with van der Waals surface area (Å²) in [5.41, 5.74) is 2.94. The molecular weight excluding hydrogens is 400 g/mol. The topological polar surface area (TPSA) is 85.1 Å². The molecule has 4 rings (SSSR count). The highest BCUT2D eigenvalue weighted by Gasteiger charge is 2.15. The molecule has 0 bridgehead atoms. The predicted octanol–water partition coefficient (Wildman–Crippen LogP) is 3.50. The van der Waals surface area contributed by atoms with Crippen LogP contribution in [0.1, 0.15) is 22.8 Å². The standard InChI is InChI=1S/C24H22N8/c1-31-15-13-25-21(31)17-27-29-23(19-9-5-3-6-10-19)24(20-11-7-4-8-12-20)30-28-18-22-26-14-16-32(22)2/h3-18H,1-2H3/b27-17+,28-18+,29-23+,30-24+. The normalized spacial score (nSPS) is 12.8. The number of rotatable bonds is 7. The van der Waals surface area contributed by atoms with Crippen LogP contribution in [0, 0.1) is 0 Å². The van der Waals surface area contributed by atoms with Gasteiger partial charge in [-0.25, -0.2) is 9.97 Å². The maximum atomic E-state index is 4.53. The van der Waals surface area contributed by atoms with E-state index in [1.165, 1.54) is 0 Å². The van der Waals surface area contributed by atoms with Crippen molar-refractivity contribution < 1.29 is 0 Å². The van der Waals surface area contributed by atoms with Crippen LogP contribution in [0.4, 0.5) is 0 Å². The fourth-order valence-electron chi connectivity index (χ4n) is 2.96. The van der Waals surface area contributed by atoms with Crippen LogP contribution in [0.5, 0.6) is 0 Å². The fraction of sp³-hybridized carbons (Fsp3) is 0.0833. The first-order valence-corrected chi connectivity index (χ1v) is 10.0. The lowest BCUT2D eigenvalue weighted by molar-refractivity contribution is 0.900. The highest BCUT2D eigenvalue weighted by Crippen LogP contribution is 2.11. The minimum absolute atomic E-state index is 0.597. The van der Waals surface area contributed by atoms with Crippen molar-refractivity contribution in [2.24, 2.45) is 34.5 Å². The quantitative estimate of drug-likeness (QED) is 0.337. The third-order valence-electron chi connectivity index (χ3n) is 4.70. The summed E-state index contributed by atoms with van der Waals surface area (Å²) in [6.45, 7) is 0. The average molecular weight is 422 g/mol. The van der Waals surface area contributed by atoms with E-state index >= 15 is 0 Å². The smallest absolute Gasteiger partial charge is 0.152 e. The molecule has 8 heteroatoms. The Morgan fingerprint density at radius 1 is 0.656 bits per heavy atom. The summed E-state index contributed by atoms with van der Waals surface area (Å²) in [5.74, 6) is 1.40. The molecule has 0 fully saturated rings. The Kier molecular flexibility index (Phi) is 6.52. The molecule has 0 amide bonds. The monoisotopic (exact) mass is 422 g/mol. The molecule has 32 heavy (non-hydrogen) atoms. The molecule has 0 spiro atoms. The molecule has 0 aliphatic carbocycles. The number of benzene rings is 2. The largest absolute Gasteiger partial charge is 0.333 e. The van der Waals surface area contributed by atoms with E-state index in [0.717, 1.165) is 11.1 Å². The van der Waals surface area contributed by atoms with Gasteiger partial charge in [-0.15, -0.1) is 10.2 Å². The number of nitrogens with zero attached hydrogens (tertiary/aromatic N) is 8. The zero-order valence-electron chi connectivity index (χ0n) is 17.8. The second-order valence-corrected chi connectivity index (χ2v) is 6.91. The maximum absolute atomic E-state index is 4.53. The van der Waals surface area contributed by atoms with Gasteiger partial charge in [0.1, 0.15) is 11.4 Å². The van der Waals surface area contributed by atoms with Crippen LogP contribution in [0.3, 0.4) is 0 Å². The molecule has 0 atom stereocenters. The molecule has 0 saturated carbocycles. The third kappa shape index (κ3) is 4.99. The average Bonchev–Trinajstić information content (AvgIpc) is 3.43. The lowest BCUT2D eigenvalue weighted by atomic mass is 10.00. The van der Waals surface area contributed by atoms with Gasteiger partial charge in [-0.05, 0) is 0 Å². The van der Waals surface area contributed by atoms with Gasteiger partial charge in [0.25, 0.3) is 0 Å². The van der Waals surface area contributed by atoms with Crippen LogP contribution in [-0.4, -0.2) is 43.0 Å². The van der Waals surface area contributed by atoms with Crippen LogP contribution in [0.2, 0.25) is 0 Å². The van der Waals surface area contributed by atoms with Gasteiger partial charge in [0, 0.05) is 50.0 Å². The second kappa shape index (κ2) is 10.0. The highest BCUT2D eigenvalue weighted by atomic mass is 15.2. The van der Waals surface area contributed by atoms with E-state index in [-0.39, 0.29) is 0 Å². The maximum Gasteiger partial charge on any atom is 0.152 e. The molecule has 8 nitrogen and oxygen atoms in total. The van der Waals surface area contributed by atoms with E-state index in [9.17, 15) is 0 Å². The van der Waals surface area contributed by atoms with Gasteiger partial charge in [0.15, 0.2) is 11.6 Å². The van der Waals surface area contributed by atoms with Crippen molar-refractivity contribution in [3.8, 4) is 0 Å². The minimum atomic E-state index is 0.597. The van der Waals surface area contributed by atoms with Gasteiger partial charge < -0.3 is 9.13 Å². The van der Waals surface area contributed by atoms with Crippen molar-refractivity contribution in [2.45, 2.75) is 0 Å². The fourth-order valence-corrected chi connectivity index (χ4v) is 2.96. The van der Waals surface area contributed by atoms with Crippen LogP contribution < -0.4 is 0 Å². The Morgan fingerprint density at radius 3 is 1.41 bits per heavy atom. The summed E-state index contributed by atoms with van der Waals surface area (Å²) in [6, 6.07) is 19.6. The van der Waals surface area contributed by atoms with Crippen LogP contribution in [0.25, 0.3) is 0 Å². The zero-order valence-corrected chi connectivity index (χ0v) is 17.8. The van der Waals surface area contributed by atoms with Gasteiger partial charge in [-0.2, -0.15) is 10.2 Å². The molecule has 4 aromatic rings. The molecule has 2 aromatic carbocycles. The van der Waals surface area contributed by atoms with Gasteiger partial charge in [-0.3, -0.25) is 0 Å². The van der Waals surface area contributed by atoms with Gasteiger partial charge >= 0.3 is 0 Å². The van der Waals surface area contributed by atoms with Gasteiger partial charge in [0.2, 0.25) is 0 Å². The van der Waals surface area contributed by atoms with Crippen molar-refractivity contribution in [2.75, 3.05) is 0 Å². The van der Waals surface area contributed by atoms with E-state index in [2.05, 4.69) is 30.4 Å². The first kappa shape index (κ1) is 20.8. The van der Waals surface area contributed by atoms with Crippen molar-refractivity contribution in [1.82, 2.24) is 19.1 Å². The molecule has 0 unspecified atom stereocenters. The number of aryl methyl sites for hydroxylation is 2. The Balaban J connectivity index is 1.79. The molecule has 2 aromatic heterocycles. The van der Waals surface area contributed by atoms with Crippen molar-refractivity contribution >= 4 is 23.9 Å². The number of aromatic nitrogens is 4. The van der Waals surface area contributed by atoms with E-state index in [1.54, 1.807) is 24.8 Å². The minimum Gasteiger partial charge on any atom is -0.333 e. The van der Waals surface area contributed by atoms with Crippen LogP contribution in [0.15, 0.2) is 106 Å². The van der Waals surface area contributed by atoms with Crippen LogP contribution >= 0.6 is 0 Å². The summed E-state index contributed by atoms with van der Waals surface area (Å²) < 4.78 is 3.73. The molecule has 0 aliphatic rings. The first-order chi connectivity index (χ1) is 15.7. The Hall–Kier alpha value is -4.46. The Bertz CT molecular complexity index is 1180. The van der Waals surface area contributed by atoms with E-state index in [0.29, 0.717) is 23.1 Å². The van der Waals surface area contributed by atoms with Gasteiger partial charge in [-0.1, -0.05) is 60.7 Å². The highest BCUT2D eigenvalue weighted by molar-refractivity contribution is 6.53. The SMILES string of the molecule is Cn1ccnc1/C=N/N=C(/C(=N/N=C/c1nccn1C)c1ccccc1)c1ccccc1. The lowest BCUT2D eigenvalue weighted by Crippen LogP contribution is -2.17. The summed E-state index contributed by atoms with van der Waals surface area (Å²) in [5, 5.41) is 17.7.